The van der Waals surface area contributed by atoms with Crippen molar-refractivity contribution in [3.05, 3.63) is 59.5 Å². The first-order valence-electron chi connectivity index (χ1n) is 10.6. The Morgan fingerprint density at radius 3 is 2.56 bits per heavy atom. The predicted molar refractivity (Wildman–Crippen MR) is 132 cm³/mol. The van der Waals surface area contributed by atoms with Gasteiger partial charge in [0.15, 0.2) is 0 Å². The van der Waals surface area contributed by atoms with E-state index in [4.69, 9.17) is 0 Å². The molecular formula is C23H27N5O2S2. The molecule has 1 N–H and O–H groups in total. The Labute approximate surface area is 193 Å². The maximum absolute atomic E-state index is 13.0. The fraction of sp³-hybridized carbons (Fsp3) is 0.304. The SMILES string of the molecule is CN(C)c1ccc(C=NNc2nc(-c3cccc(S(=O)(=O)N4CCCCC4)c3)cs2)cc1. The number of hydrogen-bond acceptors (Lipinski definition) is 7. The number of anilines is 2. The van der Waals surface area contributed by atoms with Crippen molar-refractivity contribution in [2.24, 2.45) is 5.10 Å². The molecule has 0 unspecified atom stereocenters. The third-order valence-corrected chi connectivity index (χ3v) is 8.01. The number of hydrogen-bond donors (Lipinski definition) is 1. The number of nitrogens with zero attached hydrogens (tertiary/aromatic N) is 4. The van der Waals surface area contributed by atoms with E-state index in [0.29, 0.717) is 23.1 Å². The Morgan fingerprint density at radius 1 is 1.09 bits per heavy atom. The van der Waals surface area contributed by atoms with E-state index in [2.05, 4.69) is 15.5 Å². The van der Waals surface area contributed by atoms with Gasteiger partial charge in [-0.1, -0.05) is 30.7 Å². The van der Waals surface area contributed by atoms with Gasteiger partial charge in [0.25, 0.3) is 0 Å². The summed E-state index contributed by atoms with van der Waals surface area (Å²) in [5.41, 5.74) is 6.56. The zero-order chi connectivity index (χ0) is 22.6. The Bertz CT molecular complexity index is 1180. The van der Waals surface area contributed by atoms with Crippen molar-refractivity contribution in [2.75, 3.05) is 37.5 Å². The van der Waals surface area contributed by atoms with Gasteiger partial charge in [0.1, 0.15) is 0 Å². The molecule has 0 spiro atoms. The number of rotatable bonds is 7. The number of nitrogens with one attached hydrogen (secondary N) is 1. The normalized spacial score (nSPS) is 15.2. The minimum absolute atomic E-state index is 0.318. The minimum atomic E-state index is -3.47. The summed E-state index contributed by atoms with van der Waals surface area (Å²) < 4.78 is 27.6. The largest absolute Gasteiger partial charge is 0.378 e. The molecule has 0 aliphatic carbocycles. The molecule has 1 fully saturated rings. The number of thiazole rings is 1. The number of benzene rings is 2. The minimum Gasteiger partial charge on any atom is -0.378 e. The van der Waals surface area contributed by atoms with E-state index in [1.165, 1.54) is 11.3 Å². The van der Waals surface area contributed by atoms with E-state index in [1.807, 2.05) is 54.7 Å². The molecule has 0 amide bonds. The van der Waals surface area contributed by atoms with Gasteiger partial charge in [-0.3, -0.25) is 5.43 Å². The van der Waals surface area contributed by atoms with Crippen LogP contribution in [-0.4, -0.2) is 51.1 Å². The molecule has 1 aliphatic heterocycles. The first-order chi connectivity index (χ1) is 15.4. The second-order valence-electron chi connectivity index (χ2n) is 7.89. The van der Waals surface area contributed by atoms with Gasteiger partial charge < -0.3 is 4.90 Å². The third kappa shape index (κ3) is 5.17. The van der Waals surface area contributed by atoms with Gasteiger partial charge in [-0.2, -0.15) is 9.41 Å². The van der Waals surface area contributed by atoms with Crippen LogP contribution in [0.4, 0.5) is 10.8 Å². The van der Waals surface area contributed by atoms with Gasteiger partial charge in [-0.05, 0) is 42.7 Å². The lowest BCUT2D eigenvalue weighted by Gasteiger charge is -2.26. The molecule has 1 aromatic heterocycles. The molecular weight excluding hydrogens is 442 g/mol. The second-order valence-corrected chi connectivity index (χ2v) is 10.7. The Hall–Kier alpha value is -2.75. The Morgan fingerprint density at radius 2 is 1.84 bits per heavy atom. The quantitative estimate of drug-likeness (QED) is 0.407. The molecule has 7 nitrogen and oxygen atoms in total. The fourth-order valence-electron chi connectivity index (χ4n) is 3.55. The lowest BCUT2D eigenvalue weighted by atomic mass is 10.2. The van der Waals surface area contributed by atoms with Crippen LogP contribution in [0.25, 0.3) is 11.3 Å². The molecule has 9 heteroatoms. The molecule has 0 bridgehead atoms. The first kappa shape index (κ1) is 22.4. The average Bonchev–Trinajstić information content (AvgIpc) is 3.29. The molecule has 4 rings (SSSR count). The highest BCUT2D eigenvalue weighted by atomic mass is 32.2. The molecule has 0 saturated carbocycles. The van der Waals surface area contributed by atoms with Gasteiger partial charge in [0, 0.05) is 43.8 Å². The molecule has 3 aromatic rings. The van der Waals surface area contributed by atoms with Crippen LogP contribution in [0.1, 0.15) is 24.8 Å². The van der Waals surface area contributed by atoms with Gasteiger partial charge in [0.05, 0.1) is 16.8 Å². The highest BCUT2D eigenvalue weighted by Gasteiger charge is 2.26. The summed E-state index contributed by atoms with van der Waals surface area (Å²) in [6.45, 7) is 1.18. The highest BCUT2D eigenvalue weighted by Crippen LogP contribution is 2.28. The first-order valence-corrected chi connectivity index (χ1v) is 12.9. The zero-order valence-corrected chi connectivity index (χ0v) is 19.9. The highest BCUT2D eigenvalue weighted by molar-refractivity contribution is 7.89. The molecule has 0 radical (unpaired) electrons. The predicted octanol–water partition coefficient (Wildman–Crippen LogP) is 4.50. The number of sulfonamides is 1. The third-order valence-electron chi connectivity index (χ3n) is 5.37. The van der Waals surface area contributed by atoms with Crippen LogP contribution in [0.15, 0.2) is 63.9 Å². The lowest BCUT2D eigenvalue weighted by Crippen LogP contribution is -2.35. The summed E-state index contributed by atoms with van der Waals surface area (Å²) in [5.74, 6) is 0. The zero-order valence-electron chi connectivity index (χ0n) is 18.2. The van der Waals surface area contributed by atoms with Gasteiger partial charge in [-0.25, -0.2) is 13.4 Å². The van der Waals surface area contributed by atoms with Crippen LogP contribution in [-0.2, 0) is 10.0 Å². The van der Waals surface area contributed by atoms with Crippen molar-refractivity contribution >= 4 is 38.4 Å². The van der Waals surface area contributed by atoms with Crippen molar-refractivity contribution in [2.45, 2.75) is 24.2 Å². The van der Waals surface area contributed by atoms with Crippen molar-refractivity contribution in [3.8, 4) is 11.3 Å². The van der Waals surface area contributed by atoms with Crippen molar-refractivity contribution < 1.29 is 8.42 Å². The van der Waals surface area contributed by atoms with Crippen molar-refractivity contribution in [3.63, 3.8) is 0 Å². The number of piperidine rings is 1. The maximum atomic E-state index is 13.0. The topological polar surface area (TPSA) is 77.9 Å². The van der Waals surface area contributed by atoms with Crippen LogP contribution < -0.4 is 10.3 Å². The maximum Gasteiger partial charge on any atom is 0.243 e. The summed E-state index contributed by atoms with van der Waals surface area (Å²) in [7, 11) is 0.535. The van der Waals surface area contributed by atoms with E-state index in [0.717, 1.165) is 41.8 Å². The lowest BCUT2D eigenvalue weighted by molar-refractivity contribution is 0.346. The van der Waals surface area contributed by atoms with E-state index in [9.17, 15) is 8.42 Å². The molecule has 1 saturated heterocycles. The smallest absolute Gasteiger partial charge is 0.243 e. The van der Waals surface area contributed by atoms with Gasteiger partial charge >= 0.3 is 0 Å². The summed E-state index contributed by atoms with van der Waals surface area (Å²) in [6.07, 6.45) is 4.66. The standard InChI is InChI=1S/C23H27N5O2S2/c1-27(2)20-11-9-18(10-12-20)16-24-26-23-25-22(17-31-23)19-7-6-8-21(15-19)32(29,30)28-13-4-3-5-14-28/h6-12,15-17H,3-5,13-14H2,1-2H3,(H,25,26). The van der Waals surface area contributed by atoms with E-state index in [-0.39, 0.29) is 0 Å². The van der Waals surface area contributed by atoms with Crippen LogP contribution in [0.2, 0.25) is 0 Å². The molecule has 2 aromatic carbocycles. The summed E-state index contributed by atoms with van der Waals surface area (Å²) in [5, 5.41) is 6.81. The van der Waals surface area contributed by atoms with Crippen LogP contribution in [0, 0.1) is 0 Å². The molecule has 168 valence electrons. The summed E-state index contributed by atoms with van der Waals surface area (Å²) in [6, 6.07) is 15.1. The van der Waals surface area contributed by atoms with E-state index < -0.39 is 10.0 Å². The van der Waals surface area contributed by atoms with Gasteiger partial charge in [0.2, 0.25) is 15.2 Å². The summed E-state index contributed by atoms with van der Waals surface area (Å²) in [4.78, 5) is 6.93. The van der Waals surface area contributed by atoms with Crippen molar-refractivity contribution in [1.82, 2.24) is 9.29 Å². The Balaban J connectivity index is 1.45. The van der Waals surface area contributed by atoms with E-state index >= 15 is 0 Å². The Kier molecular flexibility index (Phi) is 6.88. The van der Waals surface area contributed by atoms with E-state index in [1.54, 1.807) is 28.7 Å². The number of aromatic nitrogens is 1. The van der Waals surface area contributed by atoms with Crippen molar-refractivity contribution in [1.29, 1.82) is 0 Å². The van der Waals surface area contributed by atoms with Crippen LogP contribution in [0.3, 0.4) is 0 Å². The molecule has 0 atom stereocenters. The van der Waals surface area contributed by atoms with Crippen LogP contribution >= 0.6 is 11.3 Å². The van der Waals surface area contributed by atoms with Crippen LogP contribution in [0.5, 0.6) is 0 Å². The van der Waals surface area contributed by atoms with Gasteiger partial charge in [-0.15, -0.1) is 11.3 Å². The molecule has 32 heavy (non-hydrogen) atoms. The molecule has 1 aliphatic rings. The molecule has 2 heterocycles. The number of hydrazone groups is 1. The average molecular weight is 470 g/mol. The second kappa shape index (κ2) is 9.81. The monoisotopic (exact) mass is 469 g/mol. The summed E-state index contributed by atoms with van der Waals surface area (Å²) >= 11 is 1.42. The fourth-order valence-corrected chi connectivity index (χ4v) is 5.78.